The minimum absolute atomic E-state index is 1.09. The van der Waals surface area contributed by atoms with Gasteiger partial charge >= 0.3 is 0 Å². The second-order valence-electron chi connectivity index (χ2n) is 5.12. The third-order valence-corrected chi connectivity index (χ3v) is 12.0. The van der Waals surface area contributed by atoms with E-state index in [2.05, 4.69) is 56.9 Å². The highest BCUT2D eigenvalue weighted by Crippen LogP contribution is 2.23. The topological polar surface area (TPSA) is 0 Å². The first-order valence-corrected chi connectivity index (χ1v) is 10.8. The number of hydrogen-bond acceptors (Lipinski definition) is 1. The second kappa shape index (κ2) is 6.92. The third-order valence-electron chi connectivity index (χ3n) is 4.26. The average molecular weight is 299 g/mol. The number of rotatable bonds is 4. The molecule has 0 saturated heterocycles. The van der Waals surface area contributed by atoms with Crippen LogP contribution >= 0.6 is 11.3 Å². The normalized spacial score (nSPS) is 10.9. The zero-order chi connectivity index (χ0) is 14.4. The smallest absolute Gasteiger partial charge is 0.0987 e. The molecule has 1 aromatic heterocycles. The fourth-order valence-electron chi connectivity index (χ4n) is 2.62. The first-order valence-electron chi connectivity index (χ1n) is 7.41. The van der Waals surface area contributed by atoms with Crippen molar-refractivity contribution in [1.29, 1.82) is 0 Å². The van der Waals surface area contributed by atoms with E-state index in [1.54, 1.807) is 4.50 Å². The maximum absolute atomic E-state index is 3.32. The summed E-state index contributed by atoms with van der Waals surface area (Å²) in [5, 5.41) is 0. The van der Waals surface area contributed by atoms with Gasteiger partial charge in [0.05, 0.1) is 13.0 Å². The first-order chi connectivity index (χ1) is 9.74. The van der Waals surface area contributed by atoms with Crippen LogP contribution in [0.25, 0.3) is 0 Å². The molecule has 0 unspecified atom stereocenters. The molecule has 0 N–H and O–H groups in total. The molecule has 2 aromatic rings. The Bertz CT molecular complexity index is 589. The van der Waals surface area contributed by atoms with Gasteiger partial charge in [0.1, 0.15) is 0 Å². The van der Waals surface area contributed by atoms with Gasteiger partial charge in [-0.1, -0.05) is 75.0 Å². The van der Waals surface area contributed by atoms with Gasteiger partial charge in [0.25, 0.3) is 0 Å². The SMILES string of the molecule is CC[Si](CC)(CC)c1ccc(C#Cc2ccccc2)s1. The average Bonchev–Trinajstić information content (AvgIpc) is 2.98. The molecule has 2 rings (SSSR count). The molecule has 0 aliphatic rings. The van der Waals surface area contributed by atoms with Gasteiger partial charge in [-0.25, -0.2) is 0 Å². The Morgan fingerprint density at radius 3 is 2.10 bits per heavy atom. The van der Waals surface area contributed by atoms with Crippen molar-refractivity contribution in [2.24, 2.45) is 0 Å². The van der Waals surface area contributed by atoms with Gasteiger partial charge in [-0.3, -0.25) is 0 Å². The Labute approximate surface area is 127 Å². The molecule has 0 atom stereocenters. The molecule has 0 aliphatic heterocycles. The molecule has 0 amide bonds. The van der Waals surface area contributed by atoms with Crippen molar-refractivity contribution in [1.82, 2.24) is 0 Å². The minimum Gasteiger partial charge on any atom is -0.136 e. The summed E-state index contributed by atoms with van der Waals surface area (Å²) in [5.74, 6) is 6.57. The van der Waals surface area contributed by atoms with E-state index < -0.39 is 8.07 Å². The van der Waals surface area contributed by atoms with Crippen LogP contribution in [0.5, 0.6) is 0 Å². The molecular formula is C18H22SSi. The third kappa shape index (κ3) is 3.23. The summed E-state index contributed by atoms with van der Waals surface area (Å²) in [6, 6.07) is 18.8. The van der Waals surface area contributed by atoms with Crippen molar-refractivity contribution in [3.63, 3.8) is 0 Å². The molecule has 2 heteroatoms. The lowest BCUT2D eigenvalue weighted by molar-refractivity contribution is 1.20. The van der Waals surface area contributed by atoms with Crippen molar-refractivity contribution in [3.8, 4) is 11.8 Å². The van der Waals surface area contributed by atoms with Crippen LogP contribution in [-0.4, -0.2) is 8.07 Å². The van der Waals surface area contributed by atoms with Crippen molar-refractivity contribution in [3.05, 3.63) is 52.9 Å². The number of benzene rings is 1. The lowest BCUT2D eigenvalue weighted by atomic mass is 10.2. The highest BCUT2D eigenvalue weighted by Gasteiger charge is 2.30. The fraction of sp³-hybridized carbons (Fsp3) is 0.333. The lowest BCUT2D eigenvalue weighted by Crippen LogP contribution is -2.43. The molecule has 0 nitrogen and oxygen atoms in total. The highest BCUT2D eigenvalue weighted by atomic mass is 32.1. The summed E-state index contributed by atoms with van der Waals surface area (Å²) in [4.78, 5) is 1.20. The molecule has 1 heterocycles. The van der Waals surface area contributed by atoms with E-state index >= 15 is 0 Å². The van der Waals surface area contributed by atoms with Crippen molar-refractivity contribution < 1.29 is 0 Å². The van der Waals surface area contributed by atoms with Gasteiger partial charge < -0.3 is 0 Å². The summed E-state index contributed by atoms with van der Waals surface area (Å²) in [7, 11) is -1.23. The molecule has 0 spiro atoms. The fourth-order valence-corrected chi connectivity index (χ4v) is 8.71. The first kappa shape index (κ1) is 15.1. The molecule has 0 bridgehead atoms. The molecule has 1 aromatic carbocycles. The maximum Gasteiger partial charge on any atom is 0.0987 e. The van der Waals surface area contributed by atoms with Crippen LogP contribution < -0.4 is 4.50 Å². The Morgan fingerprint density at radius 2 is 1.50 bits per heavy atom. The number of thiophene rings is 1. The van der Waals surface area contributed by atoms with Gasteiger partial charge in [0.15, 0.2) is 0 Å². The van der Waals surface area contributed by atoms with Crippen molar-refractivity contribution in [2.75, 3.05) is 0 Å². The van der Waals surface area contributed by atoms with E-state index in [9.17, 15) is 0 Å². The Kier molecular flexibility index (Phi) is 5.22. The summed E-state index contributed by atoms with van der Waals surface area (Å²) >= 11 is 1.92. The van der Waals surface area contributed by atoms with Crippen molar-refractivity contribution in [2.45, 2.75) is 38.9 Å². The monoisotopic (exact) mass is 298 g/mol. The van der Waals surface area contributed by atoms with Gasteiger partial charge in [-0.15, -0.1) is 11.3 Å². The predicted molar refractivity (Wildman–Crippen MR) is 93.6 cm³/mol. The number of hydrogen-bond donors (Lipinski definition) is 0. The minimum atomic E-state index is -1.23. The predicted octanol–water partition coefficient (Wildman–Crippen LogP) is 4.86. The van der Waals surface area contributed by atoms with Gasteiger partial charge in [-0.05, 0) is 22.7 Å². The van der Waals surface area contributed by atoms with E-state index in [-0.39, 0.29) is 0 Å². The Balaban J connectivity index is 2.24. The van der Waals surface area contributed by atoms with Gasteiger partial charge in [-0.2, -0.15) is 0 Å². The molecule has 0 aliphatic carbocycles. The molecule has 104 valence electrons. The van der Waals surface area contributed by atoms with Crippen LogP contribution in [-0.2, 0) is 0 Å². The molecule has 0 radical (unpaired) electrons. The van der Waals surface area contributed by atoms with Crippen molar-refractivity contribution >= 4 is 23.9 Å². The van der Waals surface area contributed by atoms with E-state index in [1.165, 1.54) is 23.0 Å². The standard InChI is InChI=1S/C18H22SSi/c1-4-20(5-2,6-3)18-15-14-17(19-18)13-12-16-10-8-7-9-11-16/h7-11,14-15H,4-6H2,1-3H3. The van der Waals surface area contributed by atoms with Crippen LogP contribution in [0.1, 0.15) is 31.2 Å². The Hall–Kier alpha value is -1.30. The van der Waals surface area contributed by atoms with Gasteiger partial charge in [0, 0.05) is 5.56 Å². The highest BCUT2D eigenvalue weighted by molar-refractivity contribution is 7.27. The second-order valence-corrected chi connectivity index (χ2v) is 11.8. The van der Waals surface area contributed by atoms with Crippen LogP contribution in [0.15, 0.2) is 42.5 Å². The lowest BCUT2D eigenvalue weighted by Gasteiger charge is -2.26. The zero-order valence-corrected chi connectivity index (χ0v) is 14.4. The van der Waals surface area contributed by atoms with E-state index in [0.29, 0.717) is 0 Å². The summed E-state index contributed by atoms with van der Waals surface area (Å²) in [5.41, 5.74) is 1.09. The summed E-state index contributed by atoms with van der Waals surface area (Å²) < 4.78 is 1.63. The quantitative estimate of drug-likeness (QED) is 0.558. The van der Waals surface area contributed by atoms with Crippen LogP contribution in [0.2, 0.25) is 18.1 Å². The summed E-state index contributed by atoms with van der Waals surface area (Å²) in [6.07, 6.45) is 0. The maximum atomic E-state index is 3.32. The largest absolute Gasteiger partial charge is 0.136 e. The van der Waals surface area contributed by atoms with E-state index in [1.807, 2.05) is 29.5 Å². The van der Waals surface area contributed by atoms with Gasteiger partial charge in [0.2, 0.25) is 0 Å². The molecular weight excluding hydrogens is 276 g/mol. The zero-order valence-electron chi connectivity index (χ0n) is 12.6. The van der Waals surface area contributed by atoms with E-state index in [0.717, 1.165) is 5.56 Å². The van der Waals surface area contributed by atoms with Crippen LogP contribution in [0.3, 0.4) is 0 Å². The van der Waals surface area contributed by atoms with Crippen LogP contribution in [0.4, 0.5) is 0 Å². The molecule has 0 fully saturated rings. The molecule has 0 saturated carbocycles. The Morgan fingerprint density at radius 1 is 0.850 bits per heavy atom. The van der Waals surface area contributed by atoms with Crippen LogP contribution in [0, 0.1) is 11.8 Å². The van der Waals surface area contributed by atoms with E-state index in [4.69, 9.17) is 0 Å². The molecule has 20 heavy (non-hydrogen) atoms. The summed E-state index contributed by atoms with van der Waals surface area (Å²) in [6.45, 7) is 7.07.